The third-order valence-corrected chi connectivity index (χ3v) is 2.67. The monoisotopic (exact) mass is 244 g/mol. The molecule has 0 aliphatic rings. The molecule has 0 spiro atoms. The van der Waals surface area contributed by atoms with Crippen LogP contribution in [0.1, 0.15) is 11.7 Å². The van der Waals surface area contributed by atoms with Gasteiger partial charge in [0.05, 0.1) is 18.2 Å². The summed E-state index contributed by atoms with van der Waals surface area (Å²) in [6, 6.07) is 8.98. The molecule has 0 saturated carbocycles. The first-order chi connectivity index (χ1) is 8.72. The van der Waals surface area contributed by atoms with Gasteiger partial charge in [-0.15, -0.1) is 0 Å². The van der Waals surface area contributed by atoms with Crippen molar-refractivity contribution in [2.45, 2.75) is 12.2 Å². The molecule has 2 unspecified atom stereocenters. The van der Waals surface area contributed by atoms with E-state index < -0.39 is 12.2 Å². The number of aliphatic hydroxyl groups is 2. The first-order valence-electron chi connectivity index (χ1n) is 5.44. The summed E-state index contributed by atoms with van der Waals surface area (Å²) in [5.74, 6) is 0. The molecule has 2 atom stereocenters. The molecule has 6 heteroatoms. The zero-order valence-electron chi connectivity index (χ0n) is 9.51. The number of benzene rings is 1. The Kier molecular flexibility index (Phi) is 3.74. The van der Waals surface area contributed by atoms with Gasteiger partial charge in [-0.25, -0.2) is 0 Å². The Morgan fingerprint density at radius 3 is 2.94 bits per heavy atom. The summed E-state index contributed by atoms with van der Waals surface area (Å²) < 4.78 is 0. The topological polar surface area (TPSA) is 102 Å². The summed E-state index contributed by atoms with van der Waals surface area (Å²) in [6.45, 7) is -0.169. The molecule has 0 saturated heterocycles. The van der Waals surface area contributed by atoms with Crippen LogP contribution >= 0.6 is 0 Å². The van der Waals surface area contributed by atoms with Crippen molar-refractivity contribution in [1.29, 1.82) is 0 Å². The second-order valence-electron chi connectivity index (χ2n) is 3.88. The van der Waals surface area contributed by atoms with Gasteiger partial charge >= 0.3 is 0 Å². The van der Waals surface area contributed by atoms with Gasteiger partial charge in [-0.2, -0.15) is 0 Å². The Labute approximate surface area is 103 Å². The van der Waals surface area contributed by atoms with E-state index in [0.29, 0.717) is 5.56 Å². The Balaban J connectivity index is 2.27. The minimum atomic E-state index is -1.12. The van der Waals surface area contributed by atoms with E-state index >= 15 is 0 Å². The molecule has 0 bridgehead atoms. The van der Waals surface area contributed by atoms with E-state index in [-0.39, 0.29) is 6.54 Å². The van der Waals surface area contributed by atoms with Crippen molar-refractivity contribution in [3.8, 4) is 0 Å². The van der Waals surface area contributed by atoms with Crippen LogP contribution in [-0.2, 0) is 0 Å². The molecular formula is C12H12N4O2. The number of hydrogen-bond acceptors (Lipinski definition) is 4. The number of nitrogens with zero attached hydrogens (tertiary/aromatic N) is 4. The van der Waals surface area contributed by atoms with Crippen molar-refractivity contribution < 1.29 is 10.2 Å². The van der Waals surface area contributed by atoms with Crippen molar-refractivity contribution in [2.75, 3.05) is 6.54 Å². The van der Waals surface area contributed by atoms with Crippen molar-refractivity contribution >= 4 is 10.9 Å². The highest BCUT2D eigenvalue weighted by atomic mass is 16.3. The number of fused-ring (bicyclic) bond motifs is 1. The van der Waals surface area contributed by atoms with Gasteiger partial charge in [-0.05, 0) is 23.2 Å². The Morgan fingerprint density at radius 1 is 1.33 bits per heavy atom. The summed E-state index contributed by atoms with van der Waals surface area (Å²) in [5.41, 5.74) is 9.45. The third kappa shape index (κ3) is 2.57. The molecule has 2 N–H and O–H groups in total. The average molecular weight is 244 g/mol. The number of azide groups is 1. The van der Waals surface area contributed by atoms with Crippen LogP contribution < -0.4 is 0 Å². The summed E-state index contributed by atoms with van der Waals surface area (Å²) in [7, 11) is 0. The summed E-state index contributed by atoms with van der Waals surface area (Å²) in [4.78, 5) is 6.71. The predicted molar refractivity (Wildman–Crippen MR) is 66.7 cm³/mol. The fourth-order valence-corrected chi connectivity index (χ4v) is 1.71. The van der Waals surface area contributed by atoms with Gasteiger partial charge in [0.2, 0.25) is 0 Å². The van der Waals surface area contributed by atoms with Crippen LogP contribution in [0.2, 0.25) is 0 Å². The van der Waals surface area contributed by atoms with Crippen LogP contribution in [0.25, 0.3) is 21.3 Å². The van der Waals surface area contributed by atoms with Gasteiger partial charge in [-0.1, -0.05) is 23.3 Å². The fourth-order valence-electron chi connectivity index (χ4n) is 1.71. The SMILES string of the molecule is [N-]=[N+]=NCC(O)C(O)c1ccc2cccnc2c1. The van der Waals surface area contributed by atoms with Crippen molar-refractivity contribution in [1.82, 2.24) is 4.98 Å². The highest BCUT2D eigenvalue weighted by Gasteiger charge is 2.17. The third-order valence-electron chi connectivity index (χ3n) is 2.67. The molecule has 0 radical (unpaired) electrons. The van der Waals surface area contributed by atoms with Crippen LogP contribution in [0, 0.1) is 0 Å². The minimum Gasteiger partial charge on any atom is -0.390 e. The molecule has 18 heavy (non-hydrogen) atoms. The van der Waals surface area contributed by atoms with Gasteiger partial charge in [0.1, 0.15) is 6.10 Å². The molecule has 1 aromatic carbocycles. The van der Waals surface area contributed by atoms with Gasteiger partial charge in [0.15, 0.2) is 0 Å². The highest BCUT2D eigenvalue weighted by molar-refractivity contribution is 5.78. The summed E-state index contributed by atoms with van der Waals surface area (Å²) >= 11 is 0. The maximum Gasteiger partial charge on any atom is 0.105 e. The molecule has 6 nitrogen and oxygen atoms in total. The van der Waals surface area contributed by atoms with E-state index in [9.17, 15) is 10.2 Å². The fraction of sp³-hybridized carbons (Fsp3) is 0.250. The van der Waals surface area contributed by atoms with E-state index in [0.717, 1.165) is 10.9 Å². The zero-order valence-corrected chi connectivity index (χ0v) is 9.51. The van der Waals surface area contributed by atoms with Crippen LogP contribution in [0.4, 0.5) is 0 Å². The number of hydrogen-bond donors (Lipinski definition) is 2. The lowest BCUT2D eigenvalue weighted by Crippen LogP contribution is -2.21. The molecule has 0 aliphatic carbocycles. The van der Waals surface area contributed by atoms with Gasteiger partial charge in [0.25, 0.3) is 0 Å². The summed E-state index contributed by atoms with van der Waals surface area (Å²) in [5, 5.41) is 23.7. The smallest absolute Gasteiger partial charge is 0.105 e. The van der Waals surface area contributed by atoms with E-state index in [1.807, 2.05) is 18.2 Å². The van der Waals surface area contributed by atoms with Crippen LogP contribution in [0.15, 0.2) is 41.6 Å². The molecule has 0 fully saturated rings. The van der Waals surface area contributed by atoms with Crippen molar-refractivity contribution in [3.63, 3.8) is 0 Å². The zero-order chi connectivity index (χ0) is 13.0. The summed E-state index contributed by atoms with van der Waals surface area (Å²) in [6.07, 6.45) is -0.557. The Morgan fingerprint density at radius 2 is 2.17 bits per heavy atom. The average Bonchev–Trinajstić information content (AvgIpc) is 2.43. The van der Waals surface area contributed by atoms with E-state index in [4.69, 9.17) is 5.53 Å². The minimum absolute atomic E-state index is 0.169. The normalized spacial score (nSPS) is 13.9. The molecular weight excluding hydrogens is 232 g/mol. The number of rotatable bonds is 4. The molecule has 1 heterocycles. The van der Waals surface area contributed by atoms with Crippen LogP contribution in [0.5, 0.6) is 0 Å². The van der Waals surface area contributed by atoms with Crippen molar-refractivity contribution in [3.05, 3.63) is 52.5 Å². The van der Waals surface area contributed by atoms with Gasteiger partial charge in [0, 0.05) is 16.5 Å². The molecule has 2 rings (SSSR count). The van der Waals surface area contributed by atoms with Crippen LogP contribution in [0.3, 0.4) is 0 Å². The molecule has 2 aromatic rings. The van der Waals surface area contributed by atoms with Gasteiger partial charge < -0.3 is 10.2 Å². The van der Waals surface area contributed by atoms with Crippen molar-refractivity contribution in [2.24, 2.45) is 5.11 Å². The Bertz CT molecular complexity index is 595. The largest absolute Gasteiger partial charge is 0.390 e. The second kappa shape index (κ2) is 5.46. The first-order valence-corrected chi connectivity index (χ1v) is 5.44. The molecule has 1 aromatic heterocycles. The predicted octanol–water partition coefficient (Wildman–Crippen LogP) is 1.94. The number of aliphatic hydroxyl groups excluding tert-OH is 2. The van der Waals surface area contributed by atoms with E-state index in [1.165, 1.54) is 0 Å². The maximum atomic E-state index is 9.91. The van der Waals surface area contributed by atoms with Gasteiger partial charge in [-0.3, -0.25) is 4.98 Å². The van der Waals surface area contributed by atoms with E-state index in [2.05, 4.69) is 15.0 Å². The first kappa shape index (κ1) is 12.3. The lowest BCUT2D eigenvalue weighted by molar-refractivity contribution is 0.0245. The van der Waals surface area contributed by atoms with E-state index in [1.54, 1.807) is 18.3 Å². The lowest BCUT2D eigenvalue weighted by atomic mass is 10.0. The highest BCUT2D eigenvalue weighted by Crippen LogP contribution is 2.21. The lowest BCUT2D eigenvalue weighted by Gasteiger charge is -2.16. The standard InChI is InChI=1S/C12H12N4O2/c13-16-15-7-11(17)12(18)9-4-3-8-2-1-5-14-10(8)6-9/h1-6,11-12,17-18H,7H2. The molecule has 0 aliphatic heterocycles. The second-order valence-corrected chi connectivity index (χ2v) is 3.88. The maximum absolute atomic E-state index is 9.91. The van der Waals surface area contributed by atoms with Crippen LogP contribution in [-0.4, -0.2) is 27.8 Å². The Hall–Kier alpha value is -2.14. The number of pyridine rings is 1. The molecule has 92 valence electrons. The quantitative estimate of drug-likeness (QED) is 0.488. The number of aromatic nitrogens is 1. The molecule has 0 amide bonds.